The second kappa shape index (κ2) is 3.40. The fourth-order valence-electron chi connectivity index (χ4n) is 2.19. The zero-order chi connectivity index (χ0) is 8.43. The van der Waals surface area contributed by atoms with Crippen LogP contribution < -0.4 is 0 Å². The number of aliphatic hydroxyl groups is 1. The Kier molecular flexibility index (Phi) is 2.72. The van der Waals surface area contributed by atoms with E-state index in [4.69, 9.17) is 5.11 Å². The maximum Gasteiger partial charge on any atom is 0.0646 e. The van der Waals surface area contributed by atoms with Crippen molar-refractivity contribution in [1.82, 2.24) is 0 Å². The fourth-order valence-corrected chi connectivity index (χ4v) is 2.19. The Morgan fingerprint density at radius 1 is 1.45 bits per heavy atom. The molecule has 0 aromatic heterocycles. The SMILES string of the molecule is CC1=C(CO)[C@H](C)C[C@H](C)C1. The highest BCUT2D eigenvalue weighted by molar-refractivity contribution is 5.18. The van der Waals surface area contributed by atoms with E-state index in [0.717, 1.165) is 5.92 Å². The third kappa shape index (κ3) is 1.84. The first kappa shape index (κ1) is 8.79. The zero-order valence-electron chi connectivity index (χ0n) is 7.72. The molecule has 0 aliphatic heterocycles. The van der Waals surface area contributed by atoms with Gasteiger partial charge in [-0.2, -0.15) is 0 Å². The summed E-state index contributed by atoms with van der Waals surface area (Å²) in [6.07, 6.45) is 2.42. The first-order valence-corrected chi connectivity index (χ1v) is 4.44. The Labute approximate surface area is 69.1 Å². The van der Waals surface area contributed by atoms with E-state index in [0.29, 0.717) is 5.92 Å². The molecule has 1 heteroatoms. The van der Waals surface area contributed by atoms with Crippen molar-refractivity contribution in [3.63, 3.8) is 0 Å². The predicted molar refractivity (Wildman–Crippen MR) is 47.3 cm³/mol. The lowest BCUT2D eigenvalue weighted by atomic mass is 9.79. The van der Waals surface area contributed by atoms with Crippen LogP contribution in [0.5, 0.6) is 0 Å². The quantitative estimate of drug-likeness (QED) is 0.575. The van der Waals surface area contributed by atoms with Crippen molar-refractivity contribution in [3.8, 4) is 0 Å². The van der Waals surface area contributed by atoms with E-state index in [1.807, 2.05) is 0 Å². The van der Waals surface area contributed by atoms with Gasteiger partial charge in [0.15, 0.2) is 0 Å². The molecule has 0 radical (unpaired) electrons. The van der Waals surface area contributed by atoms with E-state index >= 15 is 0 Å². The van der Waals surface area contributed by atoms with Crippen LogP contribution >= 0.6 is 0 Å². The second-order valence-corrected chi connectivity index (χ2v) is 3.91. The topological polar surface area (TPSA) is 20.2 Å². The molecule has 0 aromatic rings. The molecule has 0 amide bonds. The van der Waals surface area contributed by atoms with Crippen molar-refractivity contribution in [2.75, 3.05) is 6.61 Å². The molecule has 0 fully saturated rings. The number of aliphatic hydroxyl groups excluding tert-OH is 1. The molecule has 0 unspecified atom stereocenters. The molecule has 1 aliphatic carbocycles. The van der Waals surface area contributed by atoms with Crippen LogP contribution in [0.4, 0.5) is 0 Å². The minimum atomic E-state index is 0.264. The summed E-state index contributed by atoms with van der Waals surface area (Å²) in [6, 6.07) is 0. The fraction of sp³-hybridized carbons (Fsp3) is 0.800. The van der Waals surface area contributed by atoms with E-state index in [1.165, 1.54) is 24.0 Å². The van der Waals surface area contributed by atoms with E-state index < -0.39 is 0 Å². The maximum absolute atomic E-state index is 9.06. The lowest BCUT2D eigenvalue weighted by Gasteiger charge is -2.27. The molecule has 0 spiro atoms. The van der Waals surface area contributed by atoms with Gasteiger partial charge in [0.1, 0.15) is 0 Å². The summed E-state index contributed by atoms with van der Waals surface area (Å²) in [4.78, 5) is 0. The summed E-state index contributed by atoms with van der Waals surface area (Å²) < 4.78 is 0. The van der Waals surface area contributed by atoms with Gasteiger partial charge in [0.2, 0.25) is 0 Å². The second-order valence-electron chi connectivity index (χ2n) is 3.91. The highest BCUT2D eigenvalue weighted by Crippen LogP contribution is 2.32. The molecule has 1 rings (SSSR count). The molecule has 1 aliphatic rings. The molecule has 2 atom stereocenters. The standard InChI is InChI=1S/C10H18O/c1-7-4-8(2)10(6-11)9(3)5-7/h7-8,11H,4-6H2,1-3H3/t7-,8+/m0/s1. The summed E-state index contributed by atoms with van der Waals surface area (Å²) in [7, 11) is 0. The van der Waals surface area contributed by atoms with E-state index in [1.54, 1.807) is 0 Å². The van der Waals surface area contributed by atoms with Crippen molar-refractivity contribution in [2.24, 2.45) is 11.8 Å². The summed E-state index contributed by atoms with van der Waals surface area (Å²) in [6.45, 7) is 6.91. The van der Waals surface area contributed by atoms with E-state index in [9.17, 15) is 0 Å². The molecular formula is C10H18O. The predicted octanol–water partition coefficient (Wildman–Crippen LogP) is 2.36. The average Bonchev–Trinajstić information content (AvgIpc) is 1.85. The van der Waals surface area contributed by atoms with Crippen molar-refractivity contribution >= 4 is 0 Å². The van der Waals surface area contributed by atoms with Gasteiger partial charge in [-0.3, -0.25) is 0 Å². The maximum atomic E-state index is 9.06. The number of allylic oxidation sites excluding steroid dienone is 1. The van der Waals surface area contributed by atoms with Crippen LogP contribution in [0.1, 0.15) is 33.6 Å². The first-order valence-electron chi connectivity index (χ1n) is 4.44. The molecule has 1 nitrogen and oxygen atoms in total. The van der Waals surface area contributed by atoms with Crippen LogP contribution in [-0.2, 0) is 0 Å². The minimum absolute atomic E-state index is 0.264. The van der Waals surface area contributed by atoms with Crippen molar-refractivity contribution in [3.05, 3.63) is 11.1 Å². The van der Waals surface area contributed by atoms with E-state index in [2.05, 4.69) is 20.8 Å². The van der Waals surface area contributed by atoms with Gasteiger partial charge in [0.25, 0.3) is 0 Å². The minimum Gasteiger partial charge on any atom is -0.392 e. The molecule has 0 saturated heterocycles. The summed E-state index contributed by atoms with van der Waals surface area (Å²) >= 11 is 0. The van der Waals surface area contributed by atoms with Crippen LogP contribution in [-0.4, -0.2) is 11.7 Å². The van der Waals surface area contributed by atoms with Crippen molar-refractivity contribution < 1.29 is 5.11 Å². The zero-order valence-corrected chi connectivity index (χ0v) is 7.72. The Morgan fingerprint density at radius 3 is 2.55 bits per heavy atom. The van der Waals surface area contributed by atoms with Gasteiger partial charge in [-0.1, -0.05) is 19.4 Å². The molecule has 1 N–H and O–H groups in total. The van der Waals surface area contributed by atoms with Gasteiger partial charge in [0.05, 0.1) is 6.61 Å². The third-order valence-corrected chi connectivity index (χ3v) is 2.72. The molecule has 0 bridgehead atoms. The Hall–Kier alpha value is -0.300. The highest BCUT2D eigenvalue weighted by atomic mass is 16.3. The van der Waals surface area contributed by atoms with Gasteiger partial charge in [0, 0.05) is 0 Å². The van der Waals surface area contributed by atoms with Crippen LogP contribution in [0.2, 0.25) is 0 Å². The highest BCUT2D eigenvalue weighted by Gasteiger charge is 2.20. The number of hydrogen-bond acceptors (Lipinski definition) is 1. The Bertz CT molecular complexity index is 170. The largest absolute Gasteiger partial charge is 0.392 e. The van der Waals surface area contributed by atoms with Crippen molar-refractivity contribution in [2.45, 2.75) is 33.6 Å². The van der Waals surface area contributed by atoms with Gasteiger partial charge in [-0.15, -0.1) is 0 Å². The Morgan fingerprint density at radius 2 is 2.09 bits per heavy atom. The van der Waals surface area contributed by atoms with E-state index in [-0.39, 0.29) is 6.61 Å². The first-order chi connectivity index (χ1) is 5.15. The molecule has 11 heavy (non-hydrogen) atoms. The molecule has 0 heterocycles. The Balaban J connectivity index is 2.77. The molecule has 0 aromatic carbocycles. The summed E-state index contributed by atoms with van der Waals surface area (Å²) in [5.41, 5.74) is 2.70. The smallest absolute Gasteiger partial charge is 0.0646 e. The van der Waals surface area contributed by atoms with Gasteiger partial charge >= 0.3 is 0 Å². The number of hydrogen-bond donors (Lipinski definition) is 1. The third-order valence-electron chi connectivity index (χ3n) is 2.72. The normalized spacial score (nSPS) is 32.7. The molecule has 64 valence electrons. The molecular weight excluding hydrogens is 136 g/mol. The van der Waals surface area contributed by atoms with Crippen LogP contribution in [0.15, 0.2) is 11.1 Å². The van der Waals surface area contributed by atoms with Crippen molar-refractivity contribution in [1.29, 1.82) is 0 Å². The van der Waals surface area contributed by atoms with Gasteiger partial charge in [-0.05, 0) is 37.2 Å². The molecule has 0 saturated carbocycles. The lowest BCUT2D eigenvalue weighted by molar-refractivity contribution is 0.293. The van der Waals surface area contributed by atoms with Gasteiger partial charge < -0.3 is 5.11 Å². The monoisotopic (exact) mass is 154 g/mol. The lowest BCUT2D eigenvalue weighted by Crippen LogP contribution is -2.16. The summed E-state index contributed by atoms with van der Waals surface area (Å²) in [5.74, 6) is 1.41. The number of rotatable bonds is 1. The van der Waals surface area contributed by atoms with Crippen LogP contribution in [0, 0.1) is 11.8 Å². The van der Waals surface area contributed by atoms with Crippen LogP contribution in [0.25, 0.3) is 0 Å². The summed E-state index contributed by atoms with van der Waals surface area (Å²) in [5, 5.41) is 9.06. The van der Waals surface area contributed by atoms with Crippen LogP contribution in [0.3, 0.4) is 0 Å². The average molecular weight is 154 g/mol. The van der Waals surface area contributed by atoms with Gasteiger partial charge in [-0.25, -0.2) is 0 Å².